The van der Waals surface area contributed by atoms with Gasteiger partial charge in [0.1, 0.15) is 0 Å². The zero-order chi connectivity index (χ0) is 12.9. The molecule has 0 unspecified atom stereocenters. The fourth-order valence-electron chi connectivity index (χ4n) is 1.04. The fourth-order valence-corrected chi connectivity index (χ4v) is 1.72. The third kappa shape index (κ3) is 5.12. The molecule has 1 heterocycles. The van der Waals surface area contributed by atoms with Gasteiger partial charge in [0.15, 0.2) is 0 Å². The minimum absolute atomic E-state index is 0.0731. The second-order valence-corrected chi connectivity index (χ2v) is 6.06. The number of carbonyl (C=O) groups excluding carboxylic acids is 1. The van der Waals surface area contributed by atoms with Crippen molar-refractivity contribution in [1.82, 2.24) is 15.5 Å². The standard InChI is InChI=1S/C11H20N4OS/c1-5-6-12-10-15-14-9(17-10)8(16)13-7-11(2,3)4/h5-7H2,1-4H3,(H,12,15)(H,13,16). The maximum absolute atomic E-state index is 11.7. The van der Waals surface area contributed by atoms with E-state index in [0.717, 1.165) is 13.0 Å². The van der Waals surface area contributed by atoms with Crippen LogP contribution in [0.2, 0.25) is 0 Å². The third-order valence-corrected chi connectivity index (χ3v) is 2.80. The van der Waals surface area contributed by atoms with Crippen molar-refractivity contribution in [3.8, 4) is 0 Å². The highest BCUT2D eigenvalue weighted by molar-refractivity contribution is 7.17. The molecule has 17 heavy (non-hydrogen) atoms. The molecule has 96 valence electrons. The smallest absolute Gasteiger partial charge is 0.282 e. The SMILES string of the molecule is CCCNc1nnc(C(=O)NCC(C)(C)C)s1. The highest BCUT2D eigenvalue weighted by Crippen LogP contribution is 2.16. The summed E-state index contributed by atoms with van der Waals surface area (Å²) in [6, 6.07) is 0. The number of nitrogens with one attached hydrogen (secondary N) is 2. The van der Waals surface area contributed by atoms with Gasteiger partial charge >= 0.3 is 0 Å². The van der Waals surface area contributed by atoms with Crippen LogP contribution in [-0.2, 0) is 0 Å². The van der Waals surface area contributed by atoms with Crippen LogP contribution in [-0.4, -0.2) is 29.2 Å². The minimum atomic E-state index is -0.151. The number of carbonyl (C=O) groups is 1. The average Bonchev–Trinajstić information content (AvgIpc) is 2.70. The first kappa shape index (κ1) is 13.9. The molecule has 0 saturated carbocycles. The zero-order valence-electron chi connectivity index (χ0n) is 10.8. The molecule has 5 nitrogen and oxygen atoms in total. The zero-order valence-corrected chi connectivity index (χ0v) is 11.6. The Labute approximate surface area is 106 Å². The Bertz CT molecular complexity index is 370. The molecule has 0 aliphatic rings. The number of aromatic nitrogens is 2. The van der Waals surface area contributed by atoms with Crippen molar-refractivity contribution in [2.24, 2.45) is 5.41 Å². The van der Waals surface area contributed by atoms with Gasteiger partial charge in [0.2, 0.25) is 10.1 Å². The molecular weight excluding hydrogens is 236 g/mol. The third-order valence-electron chi connectivity index (χ3n) is 1.92. The Morgan fingerprint density at radius 1 is 1.35 bits per heavy atom. The summed E-state index contributed by atoms with van der Waals surface area (Å²) in [5, 5.41) is 14.8. The van der Waals surface area contributed by atoms with Gasteiger partial charge in [0.05, 0.1) is 0 Å². The lowest BCUT2D eigenvalue weighted by molar-refractivity contribution is 0.0938. The number of amides is 1. The van der Waals surface area contributed by atoms with Crippen molar-refractivity contribution in [3.63, 3.8) is 0 Å². The van der Waals surface area contributed by atoms with Gasteiger partial charge in [-0.15, -0.1) is 10.2 Å². The Hall–Kier alpha value is -1.17. The predicted molar refractivity (Wildman–Crippen MR) is 70.5 cm³/mol. The number of rotatable bonds is 5. The molecule has 0 bridgehead atoms. The van der Waals surface area contributed by atoms with Crippen LogP contribution in [0.1, 0.15) is 43.9 Å². The van der Waals surface area contributed by atoms with Gasteiger partial charge < -0.3 is 10.6 Å². The van der Waals surface area contributed by atoms with Crippen LogP contribution in [0.15, 0.2) is 0 Å². The summed E-state index contributed by atoms with van der Waals surface area (Å²) < 4.78 is 0. The van der Waals surface area contributed by atoms with Crippen molar-refractivity contribution in [2.45, 2.75) is 34.1 Å². The van der Waals surface area contributed by atoms with Gasteiger partial charge in [-0.1, -0.05) is 39.0 Å². The monoisotopic (exact) mass is 256 g/mol. The topological polar surface area (TPSA) is 66.9 Å². The van der Waals surface area contributed by atoms with Gasteiger partial charge in [-0.2, -0.15) is 0 Å². The molecule has 2 N–H and O–H groups in total. The maximum atomic E-state index is 11.7. The molecule has 0 aromatic carbocycles. The summed E-state index contributed by atoms with van der Waals surface area (Å²) in [6.45, 7) is 9.76. The average molecular weight is 256 g/mol. The van der Waals surface area contributed by atoms with Crippen molar-refractivity contribution in [1.29, 1.82) is 0 Å². The lowest BCUT2D eigenvalue weighted by Gasteiger charge is -2.17. The molecule has 0 aliphatic carbocycles. The van der Waals surface area contributed by atoms with E-state index in [4.69, 9.17) is 0 Å². The maximum Gasteiger partial charge on any atom is 0.282 e. The van der Waals surface area contributed by atoms with E-state index in [-0.39, 0.29) is 11.3 Å². The van der Waals surface area contributed by atoms with Crippen molar-refractivity contribution >= 4 is 22.4 Å². The van der Waals surface area contributed by atoms with Crippen LogP contribution in [0.5, 0.6) is 0 Å². The molecule has 6 heteroatoms. The summed E-state index contributed by atoms with van der Waals surface area (Å²) in [4.78, 5) is 11.7. The highest BCUT2D eigenvalue weighted by atomic mass is 32.1. The van der Waals surface area contributed by atoms with Crippen LogP contribution < -0.4 is 10.6 Å². The van der Waals surface area contributed by atoms with Crippen molar-refractivity contribution < 1.29 is 4.79 Å². The van der Waals surface area contributed by atoms with Gasteiger partial charge in [-0.05, 0) is 11.8 Å². The summed E-state index contributed by atoms with van der Waals surface area (Å²) in [5.74, 6) is -0.151. The van der Waals surface area contributed by atoms with Crippen LogP contribution in [0.4, 0.5) is 5.13 Å². The Balaban J connectivity index is 2.49. The van der Waals surface area contributed by atoms with E-state index in [2.05, 4.69) is 48.5 Å². The van der Waals surface area contributed by atoms with Crippen LogP contribution >= 0.6 is 11.3 Å². The van der Waals surface area contributed by atoms with Gasteiger partial charge in [-0.25, -0.2) is 0 Å². The molecule has 0 spiro atoms. The van der Waals surface area contributed by atoms with E-state index >= 15 is 0 Å². The van der Waals surface area contributed by atoms with Gasteiger partial charge in [0, 0.05) is 13.1 Å². The summed E-state index contributed by atoms with van der Waals surface area (Å²) in [5.41, 5.74) is 0.0731. The van der Waals surface area contributed by atoms with E-state index in [9.17, 15) is 4.79 Å². The number of hydrogen-bond donors (Lipinski definition) is 2. The molecule has 0 radical (unpaired) electrons. The number of anilines is 1. The molecule has 0 saturated heterocycles. The molecule has 0 aliphatic heterocycles. The first-order chi connectivity index (χ1) is 7.92. The normalized spacial score (nSPS) is 11.3. The Kier molecular flexibility index (Phi) is 4.86. The second-order valence-electron chi connectivity index (χ2n) is 5.08. The first-order valence-electron chi connectivity index (χ1n) is 5.78. The Morgan fingerprint density at radius 3 is 2.65 bits per heavy atom. The molecular formula is C11H20N4OS. The van der Waals surface area contributed by atoms with E-state index in [1.807, 2.05) is 0 Å². The fraction of sp³-hybridized carbons (Fsp3) is 0.727. The Morgan fingerprint density at radius 2 is 2.06 bits per heavy atom. The van der Waals surface area contributed by atoms with Crippen molar-refractivity contribution in [3.05, 3.63) is 5.01 Å². The van der Waals surface area contributed by atoms with Crippen LogP contribution in [0.3, 0.4) is 0 Å². The van der Waals surface area contributed by atoms with Gasteiger partial charge in [0.25, 0.3) is 5.91 Å². The quantitative estimate of drug-likeness (QED) is 0.847. The minimum Gasteiger partial charge on any atom is -0.360 e. The van der Waals surface area contributed by atoms with Crippen molar-refractivity contribution in [2.75, 3.05) is 18.4 Å². The molecule has 1 amide bonds. The first-order valence-corrected chi connectivity index (χ1v) is 6.59. The van der Waals surface area contributed by atoms with Crippen LogP contribution in [0.25, 0.3) is 0 Å². The van der Waals surface area contributed by atoms with Gasteiger partial charge in [-0.3, -0.25) is 4.79 Å². The molecule has 1 aromatic heterocycles. The largest absolute Gasteiger partial charge is 0.360 e. The lowest BCUT2D eigenvalue weighted by Crippen LogP contribution is -2.32. The van der Waals surface area contributed by atoms with Crippen LogP contribution in [0, 0.1) is 5.41 Å². The lowest BCUT2D eigenvalue weighted by atomic mass is 9.97. The summed E-state index contributed by atoms with van der Waals surface area (Å²) in [6.07, 6.45) is 1.02. The molecule has 1 aromatic rings. The van der Waals surface area contributed by atoms with E-state index in [1.165, 1.54) is 11.3 Å². The highest BCUT2D eigenvalue weighted by Gasteiger charge is 2.16. The van der Waals surface area contributed by atoms with E-state index in [1.54, 1.807) is 0 Å². The number of nitrogens with zero attached hydrogens (tertiary/aromatic N) is 2. The summed E-state index contributed by atoms with van der Waals surface area (Å²) >= 11 is 1.29. The summed E-state index contributed by atoms with van der Waals surface area (Å²) in [7, 11) is 0. The second kappa shape index (κ2) is 5.95. The van der Waals surface area contributed by atoms with E-state index in [0.29, 0.717) is 16.7 Å². The number of hydrogen-bond acceptors (Lipinski definition) is 5. The molecule has 0 fully saturated rings. The van der Waals surface area contributed by atoms with E-state index < -0.39 is 0 Å². The predicted octanol–water partition coefficient (Wildman–Crippen LogP) is 2.14. The molecule has 1 rings (SSSR count). The molecule has 0 atom stereocenters.